The first-order chi connectivity index (χ1) is 17.1. The minimum Gasteiger partial charge on any atom is -0.389 e. The molecule has 0 aliphatic carbocycles. The molecular weight excluding hydrogens is 458 g/mol. The molecule has 1 aromatic carbocycles. The number of nitrogens with one attached hydrogen (secondary N) is 1. The van der Waals surface area contributed by atoms with Crippen LogP contribution in [0.2, 0.25) is 0 Å². The molecule has 188 valence electrons. The van der Waals surface area contributed by atoms with E-state index < -0.39 is 5.63 Å². The van der Waals surface area contributed by atoms with E-state index in [4.69, 9.17) is 4.42 Å². The summed E-state index contributed by atoms with van der Waals surface area (Å²) in [6.07, 6.45) is 10.2. The van der Waals surface area contributed by atoms with Crippen molar-refractivity contribution in [2.45, 2.75) is 71.6 Å². The van der Waals surface area contributed by atoms with Crippen LogP contribution in [0.1, 0.15) is 79.1 Å². The molecule has 2 aromatic heterocycles. The number of unbranched alkanes of at least 4 members (excludes halogenated alkanes) is 5. The molecule has 1 aliphatic heterocycles. The number of hydrogen-bond donors (Lipinski definition) is 1. The van der Waals surface area contributed by atoms with Crippen LogP contribution in [-0.4, -0.2) is 35.4 Å². The van der Waals surface area contributed by atoms with Gasteiger partial charge in [0.1, 0.15) is 10.2 Å². The molecule has 6 nitrogen and oxygen atoms in total. The molecule has 0 unspecified atom stereocenters. The highest BCUT2D eigenvalue weighted by atomic mass is 32.1. The van der Waals surface area contributed by atoms with Crippen molar-refractivity contribution in [3.63, 3.8) is 0 Å². The van der Waals surface area contributed by atoms with Gasteiger partial charge in [-0.1, -0.05) is 69.4 Å². The summed E-state index contributed by atoms with van der Waals surface area (Å²) < 4.78 is 5.43. The Morgan fingerprint density at radius 1 is 1.11 bits per heavy atom. The molecule has 0 saturated carbocycles. The van der Waals surface area contributed by atoms with Crippen LogP contribution in [-0.2, 0) is 6.42 Å². The highest BCUT2D eigenvalue weighted by Crippen LogP contribution is 2.31. The molecule has 0 bridgehead atoms. The van der Waals surface area contributed by atoms with E-state index in [1.165, 1.54) is 42.6 Å². The van der Waals surface area contributed by atoms with E-state index in [-0.39, 0.29) is 11.9 Å². The van der Waals surface area contributed by atoms with Crippen molar-refractivity contribution in [1.29, 1.82) is 0 Å². The summed E-state index contributed by atoms with van der Waals surface area (Å²) in [7, 11) is 0. The molecule has 7 heteroatoms. The van der Waals surface area contributed by atoms with Gasteiger partial charge in [-0.2, -0.15) is 4.98 Å². The number of rotatable bonds is 11. The van der Waals surface area contributed by atoms with E-state index in [0.29, 0.717) is 26.6 Å². The van der Waals surface area contributed by atoms with Crippen LogP contribution in [0.25, 0.3) is 10.2 Å². The van der Waals surface area contributed by atoms with Crippen LogP contribution in [0.5, 0.6) is 0 Å². The summed E-state index contributed by atoms with van der Waals surface area (Å²) in [5.41, 5.74) is 1.62. The molecule has 1 saturated heterocycles. The summed E-state index contributed by atoms with van der Waals surface area (Å²) in [5, 5.41) is 3.58. The lowest BCUT2D eigenvalue weighted by atomic mass is 9.90. The molecule has 35 heavy (non-hydrogen) atoms. The van der Waals surface area contributed by atoms with Crippen LogP contribution < -0.4 is 10.9 Å². The molecule has 0 radical (unpaired) electrons. The highest BCUT2D eigenvalue weighted by Gasteiger charge is 2.28. The van der Waals surface area contributed by atoms with Crippen molar-refractivity contribution in [3.8, 4) is 0 Å². The predicted molar refractivity (Wildman–Crippen MR) is 144 cm³/mol. The zero-order valence-corrected chi connectivity index (χ0v) is 21.8. The molecule has 3 heterocycles. The topological polar surface area (TPSA) is 75.4 Å². The van der Waals surface area contributed by atoms with Gasteiger partial charge in [0, 0.05) is 19.6 Å². The van der Waals surface area contributed by atoms with Gasteiger partial charge in [-0.3, -0.25) is 4.79 Å². The molecule has 1 amide bonds. The van der Waals surface area contributed by atoms with Gasteiger partial charge in [-0.15, -0.1) is 11.3 Å². The SMILES string of the molecule is CCCCCCCCNc1nc2sc(C(=O)N3CCC(Cc4ccccc4)CC3)c(C)c2c(=O)o1. The Kier molecular flexibility index (Phi) is 8.96. The Morgan fingerprint density at radius 2 is 1.83 bits per heavy atom. The number of amides is 1. The lowest BCUT2D eigenvalue weighted by molar-refractivity contribution is 0.0695. The minimum atomic E-state index is -0.421. The van der Waals surface area contributed by atoms with Gasteiger partial charge in [-0.05, 0) is 49.7 Å². The Morgan fingerprint density at radius 3 is 2.57 bits per heavy atom. The fourth-order valence-electron chi connectivity index (χ4n) is 4.88. The second-order valence-corrected chi connectivity index (χ2v) is 10.7. The third-order valence-electron chi connectivity index (χ3n) is 6.99. The monoisotopic (exact) mass is 495 g/mol. The maximum absolute atomic E-state index is 13.3. The average molecular weight is 496 g/mol. The van der Waals surface area contributed by atoms with E-state index in [1.807, 2.05) is 17.9 Å². The first kappa shape index (κ1) is 25.4. The summed E-state index contributed by atoms with van der Waals surface area (Å²) in [4.78, 5) is 33.7. The molecular formula is C28H37N3O3S. The first-order valence-electron chi connectivity index (χ1n) is 13.1. The molecule has 1 N–H and O–H groups in total. The van der Waals surface area contributed by atoms with Crippen LogP contribution in [0.15, 0.2) is 39.5 Å². The fraction of sp³-hybridized carbons (Fsp3) is 0.536. The number of benzene rings is 1. The largest absolute Gasteiger partial charge is 0.389 e. The van der Waals surface area contributed by atoms with Gasteiger partial charge in [-0.25, -0.2) is 4.79 Å². The van der Waals surface area contributed by atoms with Gasteiger partial charge in [0.25, 0.3) is 11.9 Å². The smallest absolute Gasteiger partial charge is 0.349 e. The van der Waals surface area contributed by atoms with E-state index in [2.05, 4.69) is 41.5 Å². The van der Waals surface area contributed by atoms with Crippen LogP contribution in [0.4, 0.5) is 6.01 Å². The average Bonchev–Trinajstić information content (AvgIpc) is 3.20. The Labute approximate surface area is 211 Å². The van der Waals surface area contributed by atoms with E-state index in [1.54, 1.807) is 0 Å². The third kappa shape index (κ3) is 6.51. The van der Waals surface area contributed by atoms with Gasteiger partial charge < -0.3 is 14.6 Å². The van der Waals surface area contributed by atoms with Crippen LogP contribution >= 0.6 is 11.3 Å². The Balaban J connectivity index is 1.36. The lowest BCUT2D eigenvalue weighted by Gasteiger charge is -2.32. The number of carbonyl (C=O) groups is 1. The number of anilines is 1. The molecule has 1 aliphatic rings. The van der Waals surface area contributed by atoms with Crippen molar-refractivity contribution < 1.29 is 9.21 Å². The standard InChI is InChI=1S/C28H37N3O3S/c1-3-4-5-6-7-11-16-29-28-30-25-23(27(33)34-28)20(2)24(35-25)26(32)31-17-14-22(15-18-31)19-21-12-9-8-10-13-21/h8-10,12-13,22H,3-7,11,14-19H2,1-2H3,(H,29,30). The number of aromatic nitrogens is 1. The number of likely N-dealkylation sites (tertiary alicyclic amines) is 1. The number of carbonyl (C=O) groups excluding carboxylic acids is 1. The van der Waals surface area contributed by atoms with Gasteiger partial charge in [0.2, 0.25) is 0 Å². The fourth-order valence-corrected chi connectivity index (χ4v) is 6.01. The molecule has 4 rings (SSSR count). The maximum atomic E-state index is 13.3. The Hall–Kier alpha value is -2.67. The summed E-state index contributed by atoms with van der Waals surface area (Å²) >= 11 is 1.31. The summed E-state index contributed by atoms with van der Waals surface area (Å²) in [5.74, 6) is 0.601. The van der Waals surface area contributed by atoms with Crippen molar-refractivity contribution >= 4 is 33.5 Å². The van der Waals surface area contributed by atoms with E-state index in [9.17, 15) is 9.59 Å². The second-order valence-electron chi connectivity index (χ2n) is 9.66. The third-order valence-corrected chi connectivity index (χ3v) is 8.17. The van der Waals surface area contributed by atoms with Crippen LogP contribution in [0, 0.1) is 12.8 Å². The molecule has 0 atom stereocenters. The number of aryl methyl sites for hydroxylation is 1. The van der Waals surface area contributed by atoms with Crippen molar-refractivity contribution in [1.82, 2.24) is 9.88 Å². The summed E-state index contributed by atoms with van der Waals surface area (Å²) in [6, 6.07) is 10.8. The number of hydrogen-bond acceptors (Lipinski definition) is 6. The van der Waals surface area contributed by atoms with Crippen molar-refractivity contribution in [3.05, 3.63) is 56.8 Å². The first-order valence-corrected chi connectivity index (χ1v) is 13.9. The number of thiophene rings is 1. The maximum Gasteiger partial charge on any atom is 0.349 e. The molecule has 1 fully saturated rings. The second kappa shape index (κ2) is 12.3. The number of piperidine rings is 1. The number of nitrogens with zero attached hydrogens (tertiary/aromatic N) is 2. The Bertz CT molecular complexity index is 1160. The van der Waals surface area contributed by atoms with Gasteiger partial charge >= 0.3 is 5.63 Å². The van der Waals surface area contributed by atoms with Crippen LogP contribution in [0.3, 0.4) is 0 Å². The normalized spacial score (nSPS) is 14.5. The minimum absolute atomic E-state index is 0.00431. The highest BCUT2D eigenvalue weighted by molar-refractivity contribution is 7.20. The summed E-state index contributed by atoms with van der Waals surface area (Å²) in [6.45, 7) is 6.26. The quantitative estimate of drug-likeness (QED) is 0.310. The zero-order chi connectivity index (χ0) is 24.6. The van der Waals surface area contributed by atoms with Crippen molar-refractivity contribution in [2.75, 3.05) is 25.0 Å². The molecule has 0 spiro atoms. The molecule has 3 aromatic rings. The lowest BCUT2D eigenvalue weighted by Crippen LogP contribution is -2.38. The van der Waals surface area contributed by atoms with Gasteiger partial charge in [0.15, 0.2) is 0 Å². The van der Waals surface area contributed by atoms with Gasteiger partial charge in [0.05, 0.1) is 4.88 Å². The number of fused-ring (bicyclic) bond motifs is 1. The van der Waals surface area contributed by atoms with Crippen molar-refractivity contribution in [2.24, 2.45) is 5.92 Å². The van der Waals surface area contributed by atoms with E-state index >= 15 is 0 Å². The van der Waals surface area contributed by atoms with E-state index in [0.717, 1.165) is 51.7 Å². The predicted octanol–water partition coefficient (Wildman–Crippen LogP) is 6.43. The zero-order valence-electron chi connectivity index (χ0n) is 21.0.